The van der Waals surface area contributed by atoms with E-state index in [0.29, 0.717) is 24.2 Å². The third kappa shape index (κ3) is 4.66. The molecule has 3 aliphatic rings. The van der Waals surface area contributed by atoms with Crippen molar-refractivity contribution in [3.8, 4) is 0 Å². The van der Waals surface area contributed by atoms with Crippen molar-refractivity contribution in [3.05, 3.63) is 70.8 Å². The van der Waals surface area contributed by atoms with Gasteiger partial charge in [0.1, 0.15) is 0 Å². The van der Waals surface area contributed by atoms with E-state index in [4.69, 9.17) is 0 Å². The second-order valence-electron chi connectivity index (χ2n) is 10.6. The van der Waals surface area contributed by atoms with Crippen molar-refractivity contribution in [1.29, 1.82) is 0 Å². The number of hydrogen-bond acceptors (Lipinski definition) is 3. The third-order valence-electron chi connectivity index (χ3n) is 8.51. The number of rotatable bonds is 3. The molecule has 1 atom stereocenters. The van der Waals surface area contributed by atoms with Crippen molar-refractivity contribution in [2.45, 2.75) is 70.1 Å². The fourth-order valence-corrected chi connectivity index (χ4v) is 6.14. The Morgan fingerprint density at radius 1 is 0.853 bits per heavy atom. The summed E-state index contributed by atoms with van der Waals surface area (Å²) in [7, 11) is 0. The molecular formula is C29H34N2O3. The standard InChI is InChI=1S/C29H34N2O3/c1-20-2-4-24(5-3-20)28(34)31-18-16-29(17-19-31)14-12-22(13-15-29)21-6-8-23(9-7-21)25-10-11-26(32)30-27(25)33/h2-9,22,25H,10-19H2,1H3,(H,30,32,33). The lowest BCUT2D eigenvalue weighted by Gasteiger charge is -2.46. The van der Waals surface area contributed by atoms with Gasteiger partial charge in [0.15, 0.2) is 0 Å². The average Bonchev–Trinajstić information content (AvgIpc) is 2.85. The van der Waals surface area contributed by atoms with E-state index in [1.165, 1.54) is 36.8 Å². The summed E-state index contributed by atoms with van der Waals surface area (Å²) in [5.74, 6) is 0.178. The summed E-state index contributed by atoms with van der Waals surface area (Å²) < 4.78 is 0. The van der Waals surface area contributed by atoms with Gasteiger partial charge in [-0.05, 0) is 86.5 Å². The molecule has 1 aliphatic carbocycles. The Morgan fingerprint density at radius 2 is 1.47 bits per heavy atom. The number of carbonyl (C=O) groups is 3. The van der Waals surface area contributed by atoms with Crippen LogP contribution in [0.3, 0.4) is 0 Å². The lowest BCUT2D eigenvalue weighted by atomic mass is 9.64. The fourth-order valence-electron chi connectivity index (χ4n) is 6.14. The Morgan fingerprint density at radius 3 is 2.09 bits per heavy atom. The smallest absolute Gasteiger partial charge is 0.253 e. The number of likely N-dealkylation sites (tertiary alicyclic amines) is 1. The molecule has 178 valence electrons. The molecule has 2 aromatic rings. The van der Waals surface area contributed by atoms with Crippen LogP contribution in [0.15, 0.2) is 48.5 Å². The number of nitrogens with one attached hydrogen (secondary N) is 1. The van der Waals surface area contributed by atoms with E-state index < -0.39 is 0 Å². The minimum atomic E-state index is -0.214. The molecule has 3 fully saturated rings. The molecule has 3 amide bonds. The van der Waals surface area contributed by atoms with E-state index in [1.54, 1.807) is 0 Å². The van der Waals surface area contributed by atoms with Gasteiger partial charge in [0.2, 0.25) is 11.8 Å². The quantitative estimate of drug-likeness (QED) is 0.651. The molecule has 2 aliphatic heterocycles. The van der Waals surface area contributed by atoms with Gasteiger partial charge < -0.3 is 4.90 Å². The van der Waals surface area contributed by atoms with Crippen LogP contribution in [0.25, 0.3) is 0 Å². The number of imide groups is 1. The molecule has 2 aromatic carbocycles. The normalized spacial score (nSPS) is 23.1. The van der Waals surface area contributed by atoms with Gasteiger partial charge in [0.25, 0.3) is 5.91 Å². The molecule has 5 rings (SSSR count). The zero-order valence-corrected chi connectivity index (χ0v) is 20.0. The van der Waals surface area contributed by atoms with Crippen molar-refractivity contribution in [3.63, 3.8) is 0 Å². The molecule has 1 spiro atoms. The van der Waals surface area contributed by atoms with Crippen LogP contribution in [0, 0.1) is 12.3 Å². The Kier molecular flexibility index (Phi) is 6.28. The molecule has 0 radical (unpaired) electrons. The largest absolute Gasteiger partial charge is 0.339 e. The summed E-state index contributed by atoms with van der Waals surface area (Å²) in [6, 6.07) is 16.4. The van der Waals surface area contributed by atoms with Gasteiger partial charge in [-0.2, -0.15) is 0 Å². The molecule has 1 saturated carbocycles. The lowest BCUT2D eigenvalue weighted by molar-refractivity contribution is -0.134. The topological polar surface area (TPSA) is 66.5 Å². The van der Waals surface area contributed by atoms with E-state index in [9.17, 15) is 14.4 Å². The maximum Gasteiger partial charge on any atom is 0.253 e. The van der Waals surface area contributed by atoms with Crippen LogP contribution in [-0.2, 0) is 9.59 Å². The van der Waals surface area contributed by atoms with Crippen LogP contribution in [0.4, 0.5) is 0 Å². The van der Waals surface area contributed by atoms with Crippen molar-refractivity contribution in [1.82, 2.24) is 10.2 Å². The SMILES string of the molecule is Cc1ccc(C(=O)N2CCC3(CCC(c4ccc(C5CCC(=O)NC5=O)cc4)CC3)CC2)cc1. The average molecular weight is 459 g/mol. The van der Waals surface area contributed by atoms with E-state index in [1.807, 2.05) is 36.1 Å². The van der Waals surface area contributed by atoms with Gasteiger partial charge in [-0.3, -0.25) is 19.7 Å². The minimum absolute atomic E-state index is 0.166. The lowest BCUT2D eigenvalue weighted by Crippen LogP contribution is -2.44. The molecule has 1 unspecified atom stereocenters. The maximum atomic E-state index is 12.9. The van der Waals surface area contributed by atoms with E-state index >= 15 is 0 Å². The summed E-state index contributed by atoms with van der Waals surface area (Å²) in [6.45, 7) is 3.76. The number of piperidine rings is 2. The first-order valence-corrected chi connectivity index (χ1v) is 12.7. The van der Waals surface area contributed by atoms with Crippen LogP contribution in [0.2, 0.25) is 0 Å². The van der Waals surface area contributed by atoms with E-state index in [2.05, 4.69) is 29.6 Å². The second-order valence-corrected chi connectivity index (χ2v) is 10.6. The number of amides is 3. The molecule has 34 heavy (non-hydrogen) atoms. The summed E-state index contributed by atoms with van der Waals surface area (Å²) in [5, 5.41) is 2.46. The van der Waals surface area contributed by atoms with Crippen molar-refractivity contribution in [2.75, 3.05) is 13.1 Å². The van der Waals surface area contributed by atoms with Gasteiger partial charge in [-0.1, -0.05) is 42.0 Å². The Balaban J connectivity index is 1.15. The molecule has 1 N–H and O–H groups in total. The maximum absolute atomic E-state index is 12.9. The van der Waals surface area contributed by atoms with Crippen LogP contribution < -0.4 is 5.32 Å². The van der Waals surface area contributed by atoms with Gasteiger partial charge in [0.05, 0.1) is 5.92 Å². The van der Waals surface area contributed by atoms with Gasteiger partial charge in [0, 0.05) is 25.1 Å². The Bertz CT molecular complexity index is 1060. The van der Waals surface area contributed by atoms with Crippen LogP contribution in [0.1, 0.15) is 90.3 Å². The highest BCUT2D eigenvalue weighted by Gasteiger charge is 2.39. The zero-order chi connectivity index (χ0) is 23.7. The molecule has 0 bridgehead atoms. The van der Waals surface area contributed by atoms with Crippen molar-refractivity contribution < 1.29 is 14.4 Å². The monoisotopic (exact) mass is 458 g/mol. The third-order valence-corrected chi connectivity index (χ3v) is 8.51. The second kappa shape index (κ2) is 9.36. The highest BCUT2D eigenvalue weighted by atomic mass is 16.2. The highest BCUT2D eigenvalue weighted by molar-refractivity contribution is 6.00. The van der Waals surface area contributed by atoms with Gasteiger partial charge in [-0.15, -0.1) is 0 Å². The molecule has 0 aromatic heterocycles. The van der Waals surface area contributed by atoms with Crippen molar-refractivity contribution in [2.24, 2.45) is 5.41 Å². The van der Waals surface area contributed by atoms with E-state index in [-0.39, 0.29) is 23.6 Å². The van der Waals surface area contributed by atoms with Crippen LogP contribution in [-0.4, -0.2) is 35.7 Å². The zero-order valence-electron chi connectivity index (χ0n) is 20.0. The molecule has 5 nitrogen and oxygen atoms in total. The number of hydrogen-bond donors (Lipinski definition) is 1. The molecular weight excluding hydrogens is 424 g/mol. The molecule has 2 saturated heterocycles. The Hall–Kier alpha value is -2.95. The molecule has 2 heterocycles. The van der Waals surface area contributed by atoms with Gasteiger partial charge in [-0.25, -0.2) is 0 Å². The minimum Gasteiger partial charge on any atom is -0.339 e. The summed E-state index contributed by atoms with van der Waals surface area (Å²) in [6.07, 6.45) is 8.03. The Labute approximate surface area is 201 Å². The predicted molar refractivity (Wildman–Crippen MR) is 132 cm³/mol. The fraction of sp³-hybridized carbons (Fsp3) is 0.483. The predicted octanol–water partition coefficient (Wildman–Crippen LogP) is 5.10. The van der Waals surface area contributed by atoms with Crippen molar-refractivity contribution >= 4 is 17.7 Å². The summed E-state index contributed by atoms with van der Waals surface area (Å²) >= 11 is 0. The van der Waals surface area contributed by atoms with Crippen LogP contribution >= 0.6 is 0 Å². The molecule has 5 heteroatoms. The van der Waals surface area contributed by atoms with Gasteiger partial charge >= 0.3 is 0 Å². The van der Waals surface area contributed by atoms with E-state index in [0.717, 1.165) is 37.1 Å². The number of aryl methyl sites for hydroxylation is 1. The number of benzene rings is 2. The highest BCUT2D eigenvalue weighted by Crippen LogP contribution is 2.49. The first-order valence-electron chi connectivity index (χ1n) is 12.7. The first-order chi connectivity index (χ1) is 16.4. The summed E-state index contributed by atoms with van der Waals surface area (Å²) in [4.78, 5) is 38.5. The summed E-state index contributed by atoms with van der Waals surface area (Å²) in [5.41, 5.74) is 4.72. The first kappa shape index (κ1) is 22.8. The number of nitrogens with zero attached hydrogens (tertiary/aromatic N) is 1. The number of carbonyl (C=O) groups excluding carboxylic acids is 3. The van der Waals surface area contributed by atoms with Crippen LogP contribution in [0.5, 0.6) is 0 Å².